The van der Waals surface area contributed by atoms with E-state index in [4.69, 9.17) is 26.2 Å². The fraction of sp³-hybridized carbons (Fsp3) is 0.429. The minimum absolute atomic E-state index is 0.140. The van der Waals surface area contributed by atoms with Crippen molar-refractivity contribution in [2.45, 2.75) is 30.7 Å². The lowest BCUT2D eigenvalue weighted by atomic mass is 9.99. The van der Waals surface area contributed by atoms with Crippen LogP contribution in [-0.4, -0.2) is 62.7 Å². The Labute approximate surface area is 144 Å². The molecule has 5 N–H and O–H groups in total. The summed E-state index contributed by atoms with van der Waals surface area (Å²) in [6, 6.07) is 5.41. The zero-order valence-electron chi connectivity index (χ0n) is 11.7. The summed E-state index contributed by atoms with van der Waals surface area (Å²) in [6.45, 7) is -0.539. The van der Waals surface area contributed by atoms with Gasteiger partial charge in [0.2, 0.25) is 5.88 Å². The fourth-order valence-corrected chi connectivity index (χ4v) is 3.13. The molecule has 126 valence electrons. The first-order chi connectivity index (χ1) is 10.9. The van der Waals surface area contributed by atoms with Crippen LogP contribution in [0.5, 0.6) is 5.88 Å². The van der Waals surface area contributed by atoms with Gasteiger partial charge in [-0.3, -0.25) is 0 Å². The largest absolute Gasteiger partial charge is 0.466 e. The minimum atomic E-state index is -1.53. The zero-order valence-corrected chi connectivity index (χ0v) is 14.0. The Morgan fingerprint density at radius 2 is 2.00 bits per heavy atom. The number of nitrogens with one attached hydrogen (secondary N) is 1. The van der Waals surface area contributed by atoms with Crippen molar-refractivity contribution in [2.75, 3.05) is 6.61 Å². The van der Waals surface area contributed by atoms with Gasteiger partial charge in [0, 0.05) is 15.4 Å². The molecular formula is C14H15BrClNO6. The fourth-order valence-electron chi connectivity index (χ4n) is 2.52. The van der Waals surface area contributed by atoms with Crippen LogP contribution in [0.2, 0.25) is 5.02 Å². The van der Waals surface area contributed by atoms with Crippen molar-refractivity contribution < 1.29 is 29.9 Å². The van der Waals surface area contributed by atoms with E-state index >= 15 is 0 Å². The minimum Gasteiger partial charge on any atom is -0.466 e. The van der Waals surface area contributed by atoms with E-state index in [0.717, 1.165) is 4.47 Å². The Balaban J connectivity index is 1.88. The zero-order chi connectivity index (χ0) is 16.7. The second kappa shape index (κ2) is 6.56. The Kier molecular flexibility index (Phi) is 4.84. The van der Waals surface area contributed by atoms with Gasteiger partial charge in [-0.1, -0.05) is 27.5 Å². The van der Waals surface area contributed by atoms with Crippen molar-refractivity contribution in [3.8, 4) is 5.88 Å². The molecule has 2 aromatic rings. The number of rotatable bonds is 3. The first kappa shape index (κ1) is 17.0. The maximum atomic E-state index is 10.1. The Morgan fingerprint density at radius 1 is 1.26 bits per heavy atom. The van der Waals surface area contributed by atoms with Crippen molar-refractivity contribution >= 4 is 38.4 Å². The maximum Gasteiger partial charge on any atom is 0.211 e. The smallest absolute Gasteiger partial charge is 0.211 e. The van der Waals surface area contributed by atoms with Gasteiger partial charge in [-0.2, -0.15) is 0 Å². The summed E-state index contributed by atoms with van der Waals surface area (Å²) < 4.78 is 11.4. The number of aliphatic hydroxyl groups is 4. The van der Waals surface area contributed by atoms with Crippen LogP contribution >= 0.6 is 27.5 Å². The van der Waals surface area contributed by atoms with Crippen molar-refractivity contribution in [1.82, 2.24) is 4.98 Å². The molecule has 1 aromatic heterocycles. The summed E-state index contributed by atoms with van der Waals surface area (Å²) in [5.41, 5.74) is 0.711. The second-order valence-electron chi connectivity index (χ2n) is 5.27. The predicted octanol–water partition coefficient (Wildman–Crippen LogP) is 0.762. The molecule has 1 fully saturated rings. The number of aromatic amines is 1. The number of aliphatic hydroxyl groups excluding tert-OH is 4. The van der Waals surface area contributed by atoms with E-state index in [1.165, 1.54) is 0 Å². The van der Waals surface area contributed by atoms with Crippen LogP contribution in [-0.2, 0) is 4.74 Å². The molecule has 7 nitrogen and oxygen atoms in total. The summed E-state index contributed by atoms with van der Waals surface area (Å²) in [6.07, 6.45) is -6.73. The van der Waals surface area contributed by atoms with Crippen molar-refractivity contribution in [1.29, 1.82) is 0 Å². The molecule has 9 heteroatoms. The summed E-state index contributed by atoms with van der Waals surface area (Å²) in [4.78, 5) is 2.94. The molecule has 0 radical (unpaired) electrons. The molecule has 0 unspecified atom stereocenters. The molecule has 1 aliphatic heterocycles. The van der Waals surface area contributed by atoms with Crippen LogP contribution < -0.4 is 4.74 Å². The van der Waals surface area contributed by atoms with Gasteiger partial charge in [-0.25, -0.2) is 0 Å². The normalized spacial score (nSPS) is 31.5. The monoisotopic (exact) mass is 407 g/mol. The topological polar surface area (TPSA) is 115 Å². The van der Waals surface area contributed by atoms with Crippen molar-refractivity contribution in [2.24, 2.45) is 0 Å². The number of hydrogen-bond donors (Lipinski definition) is 5. The van der Waals surface area contributed by atoms with Crippen LogP contribution in [0.15, 0.2) is 22.7 Å². The average molecular weight is 409 g/mol. The second-order valence-corrected chi connectivity index (χ2v) is 6.56. The third-order valence-corrected chi connectivity index (χ3v) is 4.63. The number of ether oxygens (including phenoxy) is 2. The summed E-state index contributed by atoms with van der Waals surface area (Å²) in [7, 11) is 0. The maximum absolute atomic E-state index is 10.1. The van der Waals surface area contributed by atoms with Gasteiger partial charge in [0.25, 0.3) is 0 Å². The highest BCUT2D eigenvalue weighted by Gasteiger charge is 2.45. The molecule has 0 aliphatic carbocycles. The molecule has 1 saturated heterocycles. The third-order valence-electron chi connectivity index (χ3n) is 3.76. The highest BCUT2D eigenvalue weighted by molar-refractivity contribution is 9.10. The molecule has 2 heterocycles. The van der Waals surface area contributed by atoms with Crippen LogP contribution in [0.25, 0.3) is 10.9 Å². The number of fused-ring (bicyclic) bond motifs is 1. The van der Waals surface area contributed by atoms with Gasteiger partial charge in [0.1, 0.15) is 23.3 Å². The molecule has 0 bridgehead atoms. The SMILES string of the molecule is OC[C@H]1O[C@@H](O)[C@H](Oc2[nH]c3ccc(Br)cc3c2Cl)[C@@H](O)[C@H]1O. The van der Waals surface area contributed by atoms with Gasteiger partial charge in [0.05, 0.1) is 6.61 Å². The predicted molar refractivity (Wildman–Crippen MR) is 85.4 cm³/mol. The quantitative estimate of drug-likeness (QED) is 0.512. The number of aromatic nitrogens is 1. The molecule has 1 aliphatic rings. The highest BCUT2D eigenvalue weighted by Crippen LogP contribution is 2.36. The van der Waals surface area contributed by atoms with E-state index in [0.29, 0.717) is 10.9 Å². The number of hydrogen-bond acceptors (Lipinski definition) is 6. The van der Waals surface area contributed by atoms with E-state index in [2.05, 4.69) is 20.9 Å². The molecule has 5 atom stereocenters. The number of H-pyrrole nitrogens is 1. The van der Waals surface area contributed by atoms with Gasteiger partial charge >= 0.3 is 0 Å². The molecule has 0 spiro atoms. The molecule has 1 aromatic carbocycles. The Hall–Kier alpha value is -0.870. The van der Waals surface area contributed by atoms with E-state index in [9.17, 15) is 15.3 Å². The number of benzene rings is 1. The van der Waals surface area contributed by atoms with Crippen molar-refractivity contribution in [3.05, 3.63) is 27.7 Å². The summed E-state index contributed by atoms with van der Waals surface area (Å²) >= 11 is 9.60. The summed E-state index contributed by atoms with van der Waals surface area (Å²) in [5, 5.41) is 39.9. The van der Waals surface area contributed by atoms with Crippen LogP contribution in [0.1, 0.15) is 0 Å². The third kappa shape index (κ3) is 3.08. The molecular weight excluding hydrogens is 394 g/mol. The molecule has 0 amide bonds. The van der Waals surface area contributed by atoms with Gasteiger partial charge in [-0.05, 0) is 18.2 Å². The Morgan fingerprint density at radius 3 is 2.70 bits per heavy atom. The Bertz CT molecular complexity index is 710. The number of halogens is 2. The van der Waals surface area contributed by atoms with E-state index < -0.39 is 37.3 Å². The van der Waals surface area contributed by atoms with Gasteiger partial charge < -0.3 is 34.9 Å². The van der Waals surface area contributed by atoms with Gasteiger partial charge in [-0.15, -0.1) is 0 Å². The average Bonchev–Trinajstić information content (AvgIpc) is 2.83. The van der Waals surface area contributed by atoms with Crippen LogP contribution in [0, 0.1) is 0 Å². The van der Waals surface area contributed by atoms with E-state index in [1.54, 1.807) is 12.1 Å². The standard InChI is InChI=1S/C14H15BrClNO6/c15-5-1-2-7-6(3-5)9(16)13(17-7)23-12-11(20)10(19)8(4-18)22-14(12)21/h1-3,8,10-12,14,17-21H,4H2/t8-,10+,11+,12-,14-/m1/s1. The van der Waals surface area contributed by atoms with Crippen LogP contribution in [0.4, 0.5) is 0 Å². The van der Waals surface area contributed by atoms with Gasteiger partial charge in [0.15, 0.2) is 12.4 Å². The molecule has 3 rings (SSSR count). The lowest BCUT2D eigenvalue weighted by molar-refractivity contribution is -0.280. The molecule has 0 saturated carbocycles. The highest BCUT2D eigenvalue weighted by atomic mass is 79.9. The lowest BCUT2D eigenvalue weighted by Crippen LogP contribution is -2.60. The first-order valence-corrected chi connectivity index (χ1v) is 8.03. The van der Waals surface area contributed by atoms with E-state index in [1.807, 2.05) is 6.07 Å². The lowest BCUT2D eigenvalue weighted by Gasteiger charge is -2.39. The van der Waals surface area contributed by atoms with E-state index in [-0.39, 0.29) is 10.9 Å². The van der Waals surface area contributed by atoms with Crippen molar-refractivity contribution in [3.63, 3.8) is 0 Å². The summed E-state index contributed by atoms with van der Waals surface area (Å²) in [5.74, 6) is 0.140. The molecule has 23 heavy (non-hydrogen) atoms. The van der Waals surface area contributed by atoms with Crippen LogP contribution in [0.3, 0.4) is 0 Å². The first-order valence-electron chi connectivity index (χ1n) is 6.86.